The van der Waals surface area contributed by atoms with E-state index >= 15 is 0 Å². The second-order valence-corrected chi connectivity index (χ2v) is 8.59. The Balaban J connectivity index is 0.00000156. The molecule has 0 unspecified atom stereocenters. The molecule has 188 valence electrons. The normalized spacial score (nSPS) is 12.1. The van der Waals surface area contributed by atoms with Crippen molar-refractivity contribution in [2.45, 2.75) is 13.5 Å². The van der Waals surface area contributed by atoms with Gasteiger partial charge in [0.2, 0.25) is 5.91 Å². The lowest BCUT2D eigenvalue weighted by Gasteiger charge is -2.14. The second-order valence-electron chi connectivity index (χ2n) is 8.59. The van der Waals surface area contributed by atoms with Crippen LogP contribution in [0.2, 0.25) is 0 Å². The number of rotatable bonds is 6. The fourth-order valence-corrected chi connectivity index (χ4v) is 4.53. The molecule has 1 aliphatic heterocycles. The van der Waals surface area contributed by atoms with Gasteiger partial charge in [-0.15, -0.1) is 0 Å². The number of carbonyl (C=O) groups is 3. The van der Waals surface area contributed by atoms with Crippen molar-refractivity contribution in [3.8, 4) is 22.4 Å². The Morgan fingerprint density at radius 1 is 1.16 bits per heavy atom. The molecule has 0 aliphatic carbocycles. The summed E-state index contributed by atoms with van der Waals surface area (Å²) in [5, 5.41) is 11.3. The van der Waals surface area contributed by atoms with E-state index in [-0.39, 0.29) is 18.4 Å². The molecule has 2 amide bonds. The smallest absolute Gasteiger partial charge is 0.256 e. The highest BCUT2D eigenvalue weighted by atomic mass is 16.2. The first-order valence-electron chi connectivity index (χ1n) is 11.6. The summed E-state index contributed by atoms with van der Waals surface area (Å²) in [6.07, 6.45) is 0.663. The predicted octanol–water partition coefficient (Wildman–Crippen LogP) is 3.72. The molecule has 1 aliphatic rings. The standard InChI is InChI=1S/C27H23N5O3.CH5N/c1-15(14-33)12-32-13-22-20(7-8-23(28)25(22)27(32)35)17-6-9-24-21(11-17)26(31-30-24)18-4-3-5-19(10-18)29-16(2)34;1-2/h3-11,14H,1,12-13,28H2,2H3,(H,29,34)(H,30,31);2H2,1H3. The van der Waals surface area contributed by atoms with Crippen molar-refractivity contribution in [1.29, 1.82) is 0 Å². The molecule has 5 rings (SSSR count). The highest BCUT2D eigenvalue weighted by Gasteiger charge is 2.32. The topological polar surface area (TPSA) is 147 Å². The molecule has 0 bridgehead atoms. The van der Waals surface area contributed by atoms with Crippen molar-refractivity contribution in [3.05, 3.63) is 77.9 Å². The minimum absolute atomic E-state index is 0.145. The van der Waals surface area contributed by atoms with Crippen molar-refractivity contribution in [1.82, 2.24) is 15.1 Å². The van der Waals surface area contributed by atoms with E-state index in [4.69, 9.17) is 5.73 Å². The van der Waals surface area contributed by atoms with Gasteiger partial charge >= 0.3 is 0 Å². The summed E-state index contributed by atoms with van der Waals surface area (Å²) in [5.41, 5.74) is 17.7. The number of anilines is 2. The van der Waals surface area contributed by atoms with Gasteiger partial charge in [0.15, 0.2) is 0 Å². The number of hydrogen-bond donors (Lipinski definition) is 4. The number of benzene rings is 3. The molecule has 0 fully saturated rings. The van der Waals surface area contributed by atoms with Crippen molar-refractivity contribution in [2.75, 3.05) is 24.6 Å². The van der Waals surface area contributed by atoms with Crippen LogP contribution in [0.4, 0.5) is 11.4 Å². The molecule has 9 heteroatoms. The molecular formula is C28H28N6O3. The van der Waals surface area contributed by atoms with Crippen molar-refractivity contribution in [2.24, 2.45) is 5.73 Å². The SMILES string of the molecule is C=C(C=O)CN1Cc2c(-c3ccc4[nH]nc(-c5cccc(NC(C)=O)c5)c4c3)ccc(N)c2C1=O.CN. The van der Waals surface area contributed by atoms with Crippen LogP contribution in [0, 0.1) is 0 Å². The number of amides is 2. The Morgan fingerprint density at radius 3 is 2.68 bits per heavy atom. The van der Waals surface area contributed by atoms with Gasteiger partial charge in [-0.3, -0.25) is 19.5 Å². The number of nitrogens with one attached hydrogen (secondary N) is 2. The van der Waals surface area contributed by atoms with Crippen LogP contribution in [0.3, 0.4) is 0 Å². The van der Waals surface area contributed by atoms with Gasteiger partial charge in [-0.2, -0.15) is 5.10 Å². The largest absolute Gasteiger partial charge is 0.398 e. The lowest BCUT2D eigenvalue weighted by atomic mass is 9.94. The number of aromatic amines is 1. The molecular weight excluding hydrogens is 468 g/mol. The van der Waals surface area contributed by atoms with Crippen LogP contribution in [0.25, 0.3) is 33.3 Å². The number of H-pyrrole nitrogens is 1. The number of nitrogen functional groups attached to an aromatic ring is 1. The Kier molecular flexibility index (Phi) is 7.17. The van der Waals surface area contributed by atoms with Crippen LogP contribution in [0.5, 0.6) is 0 Å². The van der Waals surface area contributed by atoms with Gasteiger partial charge in [0.25, 0.3) is 5.91 Å². The average Bonchev–Trinajstić information content (AvgIpc) is 3.46. The third-order valence-corrected chi connectivity index (χ3v) is 6.09. The van der Waals surface area contributed by atoms with Crippen LogP contribution in [-0.2, 0) is 16.1 Å². The quantitative estimate of drug-likeness (QED) is 0.182. The lowest BCUT2D eigenvalue weighted by molar-refractivity contribution is -0.114. The molecule has 37 heavy (non-hydrogen) atoms. The van der Waals surface area contributed by atoms with Crippen LogP contribution in [0.1, 0.15) is 22.8 Å². The summed E-state index contributed by atoms with van der Waals surface area (Å²) in [4.78, 5) is 37.1. The Morgan fingerprint density at radius 2 is 1.95 bits per heavy atom. The maximum absolute atomic E-state index is 13.0. The molecule has 0 radical (unpaired) electrons. The third kappa shape index (κ3) is 4.85. The zero-order valence-corrected chi connectivity index (χ0v) is 20.7. The van der Waals surface area contributed by atoms with Gasteiger partial charge < -0.3 is 21.7 Å². The van der Waals surface area contributed by atoms with E-state index in [0.717, 1.165) is 38.9 Å². The third-order valence-electron chi connectivity index (χ3n) is 6.09. The van der Waals surface area contributed by atoms with Gasteiger partial charge in [-0.25, -0.2) is 0 Å². The molecule has 6 N–H and O–H groups in total. The summed E-state index contributed by atoms with van der Waals surface area (Å²) in [6.45, 7) is 5.67. The monoisotopic (exact) mass is 496 g/mol. The molecule has 0 saturated carbocycles. The minimum Gasteiger partial charge on any atom is -0.398 e. The van der Waals surface area contributed by atoms with Crippen molar-refractivity contribution < 1.29 is 14.4 Å². The number of nitrogens with two attached hydrogens (primary N) is 2. The van der Waals surface area contributed by atoms with E-state index < -0.39 is 0 Å². The van der Waals surface area contributed by atoms with E-state index in [1.165, 1.54) is 14.0 Å². The molecule has 3 aromatic carbocycles. The Bertz CT molecular complexity index is 1540. The molecule has 9 nitrogen and oxygen atoms in total. The van der Waals surface area contributed by atoms with Gasteiger partial charge in [-0.1, -0.05) is 30.8 Å². The summed E-state index contributed by atoms with van der Waals surface area (Å²) < 4.78 is 0. The molecule has 4 aromatic rings. The van der Waals surface area contributed by atoms with Gasteiger partial charge in [-0.05, 0) is 54.1 Å². The van der Waals surface area contributed by atoms with Crippen molar-refractivity contribution >= 4 is 40.4 Å². The summed E-state index contributed by atoms with van der Waals surface area (Å²) in [5.74, 6) is -0.351. The van der Waals surface area contributed by atoms with Crippen LogP contribution in [0.15, 0.2) is 66.7 Å². The predicted molar refractivity (Wildman–Crippen MR) is 146 cm³/mol. The van der Waals surface area contributed by atoms with E-state index in [2.05, 4.69) is 27.8 Å². The van der Waals surface area contributed by atoms with Gasteiger partial charge in [0.05, 0.1) is 16.8 Å². The van der Waals surface area contributed by atoms with Crippen LogP contribution < -0.4 is 16.8 Å². The number of hydrogen-bond acceptors (Lipinski definition) is 6. The zero-order valence-electron chi connectivity index (χ0n) is 20.7. The van der Waals surface area contributed by atoms with E-state index in [0.29, 0.717) is 35.3 Å². The summed E-state index contributed by atoms with van der Waals surface area (Å²) in [7, 11) is 1.50. The fraction of sp³-hybridized carbons (Fsp3) is 0.143. The zero-order chi connectivity index (χ0) is 26.7. The Labute approximate surface area is 214 Å². The van der Waals surface area contributed by atoms with Crippen LogP contribution >= 0.6 is 0 Å². The summed E-state index contributed by atoms with van der Waals surface area (Å²) in [6, 6.07) is 17.1. The maximum Gasteiger partial charge on any atom is 0.256 e. The minimum atomic E-state index is -0.206. The number of nitrogens with zero attached hydrogens (tertiary/aromatic N) is 2. The van der Waals surface area contributed by atoms with E-state index in [1.54, 1.807) is 11.0 Å². The highest BCUT2D eigenvalue weighted by Crippen LogP contribution is 2.38. The second kappa shape index (κ2) is 10.5. The molecule has 0 atom stereocenters. The van der Waals surface area contributed by atoms with Crippen molar-refractivity contribution in [3.63, 3.8) is 0 Å². The molecule has 0 saturated heterocycles. The first kappa shape index (κ1) is 25.3. The Hall–Kier alpha value is -4.76. The number of carbonyl (C=O) groups excluding carboxylic acids is 3. The first-order chi connectivity index (χ1) is 17.9. The van der Waals surface area contributed by atoms with Gasteiger partial charge in [0, 0.05) is 47.9 Å². The highest BCUT2D eigenvalue weighted by molar-refractivity contribution is 6.06. The maximum atomic E-state index is 13.0. The molecule has 1 aromatic heterocycles. The number of fused-ring (bicyclic) bond motifs is 2. The average molecular weight is 497 g/mol. The fourth-order valence-electron chi connectivity index (χ4n) is 4.53. The molecule has 0 spiro atoms. The summed E-state index contributed by atoms with van der Waals surface area (Å²) >= 11 is 0. The molecule has 2 heterocycles. The number of aromatic nitrogens is 2. The van der Waals surface area contributed by atoms with E-state index in [9.17, 15) is 14.4 Å². The van der Waals surface area contributed by atoms with E-state index in [1.807, 2.05) is 48.5 Å². The number of aldehydes is 1. The van der Waals surface area contributed by atoms with Crippen LogP contribution in [-0.4, -0.2) is 46.8 Å². The first-order valence-corrected chi connectivity index (χ1v) is 11.6. The van der Waals surface area contributed by atoms with Gasteiger partial charge in [0.1, 0.15) is 6.29 Å². The lowest BCUT2D eigenvalue weighted by Crippen LogP contribution is -2.26.